The van der Waals surface area contributed by atoms with Crippen LogP contribution in [0.5, 0.6) is 0 Å². The molecule has 0 aliphatic heterocycles. The molecule has 0 spiro atoms. The average Bonchev–Trinajstić information content (AvgIpc) is 2.60. The summed E-state index contributed by atoms with van der Waals surface area (Å²) >= 11 is 0.625. The second-order valence-corrected chi connectivity index (χ2v) is 3.68. The second-order valence-electron chi connectivity index (χ2n) is 2.74. The molecule has 0 aromatic carbocycles. The number of halogens is 3. The molecular weight excluding hydrogens is 243 g/mol. The summed E-state index contributed by atoms with van der Waals surface area (Å²) in [5, 5.41) is 6.70. The van der Waals surface area contributed by atoms with Crippen molar-refractivity contribution in [1.29, 1.82) is 0 Å². The molecule has 2 heterocycles. The number of pyridine rings is 1. The Hall–Kier alpha value is -1.57. The third-order valence-corrected chi connectivity index (χ3v) is 2.37. The van der Waals surface area contributed by atoms with E-state index in [1.54, 1.807) is 6.92 Å². The van der Waals surface area contributed by atoms with E-state index in [1.165, 1.54) is 0 Å². The molecule has 0 radical (unpaired) electrons. The minimum absolute atomic E-state index is 0.00917. The van der Waals surface area contributed by atoms with E-state index in [2.05, 4.69) is 15.2 Å². The summed E-state index contributed by atoms with van der Waals surface area (Å²) in [6.07, 6.45) is 0. The van der Waals surface area contributed by atoms with Gasteiger partial charge in [0.25, 0.3) is 5.22 Å². The Bertz CT molecular complexity index is 531. The molecule has 0 atom stereocenters. The Morgan fingerprint density at radius 1 is 1.19 bits per heavy atom. The molecular formula is C8H4F3N3OS. The summed E-state index contributed by atoms with van der Waals surface area (Å²) in [5.74, 6) is -3.42. The summed E-state index contributed by atoms with van der Waals surface area (Å²) in [6.45, 7) is 1.55. The lowest BCUT2D eigenvalue weighted by Gasteiger charge is -1.98. The van der Waals surface area contributed by atoms with E-state index in [-0.39, 0.29) is 16.1 Å². The van der Waals surface area contributed by atoms with Gasteiger partial charge in [-0.25, -0.2) is 13.8 Å². The molecule has 8 heteroatoms. The molecule has 0 fully saturated rings. The predicted molar refractivity (Wildman–Crippen MR) is 47.3 cm³/mol. The van der Waals surface area contributed by atoms with E-state index < -0.39 is 17.6 Å². The highest BCUT2D eigenvalue weighted by Gasteiger charge is 2.15. The summed E-state index contributed by atoms with van der Waals surface area (Å²) < 4.78 is 43.4. The smallest absolute Gasteiger partial charge is 0.283 e. The lowest BCUT2D eigenvalue weighted by atomic mass is 10.4. The zero-order chi connectivity index (χ0) is 11.7. The van der Waals surface area contributed by atoms with Crippen LogP contribution < -0.4 is 0 Å². The van der Waals surface area contributed by atoms with E-state index in [4.69, 9.17) is 4.42 Å². The molecule has 84 valence electrons. The molecule has 2 aromatic heterocycles. The van der Waals surface area contributed by atoms with E-state index >= 15 is 0 Å². The standard InChI is InChI=1S/C8H4F3N3OS/c1-3-13-14-8(15-3)16-7-5(10)2-4(9)6(11)12-7/h2H,1H3. The van der Waals surface area contributed by atoms with Crippen LogP contribution in [0, 0.1) is 24.5 Å². The van der Waals surface area contributed by atoms with Crippen LogP contribution in [0.2, 0.25) is 0 Å². The molecule has 0 aliphatic rings. The summed E-state index contributed by atoms with van der Waals surface area (Å²) in [5.41, 5.74) is 0. The normalized spacial score (nSPS) is 10.8. The molecule has 0 N–H and O–H groups in total. The van der Waals surface area contributed by atoms with Crippen LogP contribution in [-0.4, -0.2) is 15.2 Å². The minimum Gasteiger partial charge on any atom is -0.416 e. The first kappa shape index (κ1) is 10.9. The fraction of sp³-hybridized carbons (Fsp3) is 0.125. The first-order valence-corrected chi connectivity index (χ1v) is 4.87. The van der Waals surface area contributed by atoms with E-state index in [0.717, 1.165) is 0 Å². The molecule has 0 aliphatic carbocycles. The van der Waals surface area contributed by atoms with Gasteiger partial charge in [0.1, 0.15) is 5.03 Å². The van der Waals surface area contributed by atoms with Crippen molar-refractivity contribution < 1.29 is 17.6 Å². The van der Waals surface area contributed by atoms with Gasteiger partial charge >= 0.3 is 0 Å². The van der Waals surface area contributed by atoms with Crippen molar-refractivity contribution in [2.24, 2.45) is 0 Å². The van der Waals surface area contributed by atoms with Gasteiger partial charge in [0.15, 0.2) is 11.6 Å². The van der Waals surface area contributed by atoms with Gasteiger partial charge in [0.05, 0.1) is 0 Å². The SMILES string of the molecule is Cc1nnc(Sc2nc(F)c(F)cc2F)o1. The maximum atomic E-state index is 13.1. The van der Waals surface area contributed by atoms with Crippen LogP contribution in [-0.2, 0) is 0 Å². The zero-order valence-electron chi connectivity index (χ0n) is 7.87. The van der Waals surface area contributed by atoms with Crippen molar-refractivity contribution in [3.8, 4) is 0 Å². The predicted octanol–water partition coefficient (Wildman–Crippen LogP) is 2.34. The van der Waals surface area contributed by atoms with Crippen molar-refractivity contribution in [2.45, 2.75) is 17.2 Å². The molecule has 4 nitrogen and oxygen atoms in total. The minimum atomic E-state index is -1.37. The fourth-order valence-electron chi connectivity index (χ4n) is 0.902. The molecule has 16 heavy (non-hydrogen) atoms. The highest BCUT2D eigenvalue weighted by Crippen LogP contribution is 2.27. The Balaban J connectivity index is 2.31. The maximum absolute atomic E-state index is 13.1. The lowest BCUT2D eigenvalue weighted by Crippen LogP contribution is -1.95. The largest absolute Gasteiger partial charge is 0.416 e. The van der Waals surface area contributed by atoms with E-state index in [9.17, 15) is 13.2 Å². The number of rotatable bonds is 2. The van der Waals surface area contributed by atoms with Crippen molar-refractivity contribution in [2.75, 3.05) is 0 Å². The molecule has 2 rings (SSSR count). The Morgan fingerprint density at radius 2 is 1.94 bits per heavy atom. The molecule has 0 saturated carbocycles. The van der Waals surface area contributed by atoms with Crippen LogP contribution in [0.3, 0.4) is 0 Å². The third kappa shape index (κ3) is 2.16. The van der Waals surface area contributed by atoms with Crippen LogP contribution in [0.1, 0.15) is 5.89 Å². The quantitative estimate of drug-likeness (QED) is 0.762. The van der Waals surface area contributed by atoms with Gasteiger partial charge in [-0.15, -0.1) is 10.2 Å². The molecule has 2 aromatic rings. The zero-order valence-corrected chi connectivity index (χ0v) is 8.69. The van der Waals surface area contributed by atoms with Gasteiger partial charge in [-0.3, -0.25) is 0 Å². The summed E-state index contributed by atoms with van der Waals surface area (Å²) in [7, 11) is 0. The van der Waals surface area contributed by atoms with Crippen LogP contribution in [0.15, 0.2) is 20.7 Å². The van der Waals surface area contributed by atoms with Crippen molar-refractivity contribution >= 4 is 11.8 Å². The lowest BCUT2D eigenvalue weighted by molar-refractivity contribution is 0.425. The van der Waals surface area contributed by atoms with Crippen LogP contribution >= 0.6 is 11.8 Å². The number of hydrogen-bond donors (Lipinski definition) is 0. The Morgan fingerprint density at radius 3 is 2.56 bits per heavy atom. The molecule has 0 saturated heterocycles. The maximum Gasteiger partial charge on any atom is 0.283 e. The van der Waals surface area contributed by atoms with Gasteiger partial charge < -0.3 is 4.42 Å². The summed E-state index contributed by atoms with van der Waals surface area (Å²) in [6, 6.07) is 0.411. The van der Waals surface area contributed by atoms with Gasteiger partial charge in [-0.1, -0.05) is 0 Å². The van der Waals surface area contributed by atoms with E-state index in [1.807, 2.05) is 0 Å². The highest BCUT2D eigenvalue weighted by atomic mass is 32.2. The van der Waals surface area contributed by atoms with Crippen molar-refractivity contribution in [1.82, 2.24) is 15.2 Å². The number of nitrogens with zero attached hydrogens (tertiary/aromatic N) is 3. The molecule has 0 unspecified atom stereocenters. The first-order chi connectivity index (χ1) is 7.56. The first-order valence-electron chi connectivity index (χ1n) is 4.06. The monoisotopic (exact) mass is 247 g/mol. The number of aryl methyl sites for hydroxylation is 1. The van der Waals surface area contributed by atoms with Gasteiger partial charge in [0, 0.05) is 13.0 Å². The Kier molecular flexibility index (Phi) is 2.82. The van der Waals surface area contributed by atoms with E-state index in [0.29, 0.717) is 17.8 Å². The summed E-state index contributed by atoms with van der Waals surface area (Å²) in [4.78, 5) is 3.10. The average molecular weight is 247 g/mol. The van der Waals surface area contributed by atoms with Crippen LogP contribution in [0.25, 0.3) is 0 Å². The van der Waals surface area contributed by atoms with Gasteiger partial charge in [-0.05, 0) is 11.8 Å². The fourth-order valence-corrected chi connectivity index (χ4v) is 1.59. The number of aromatic nitrogens is 3. The number of hydrogen-bond acceptors (Lipinski definition) is 5. The van der Waals surface area contributed by atoms with Crippen molar-refractivity contribution in [3.63, 3.8) is 0 Å². The topological polar surface area (TPSA) is 51.8 Å². The van der Waals surface area contributed by atoms with Gasteiger partial charge in [0.2, 0.25) is 11.8 Å². The third-order valence-electron chi connectivity index (χ3n) is 1.55. The second kappa shape index (κ2) is 4.12. The van der Waals surface area contributed by atoms with Crippen LogP contribution in [0.4, 0.5) is 13.2 Å². The highest BCUT2D eigenvalue weighted by molar-refractivity contribution is 7.99. The molecule has 0 amide bonds. The van der Waals surface area contributed by atoms with Gasteiger partial charge in [-0.2, -0.15) is 4.39 Å². The molecule has 0 bridgehead atoms. The Labute approximate surface area is 91.9 Å². The van der Waals surface area contributed by atoms with Crippen molar-refractivity contribution in [3.05, 3.63) is 29.5 Å².